The summed E-state index contributed by atoms with van der Waals surface area (Å²) in [7, 11) is 0. The molecule has 1 unspecified atom stereocenters. The molecule has 0 aliphatic rings. The highest BCUT2D eigenvalue weighted by atomic mass is 35.5. The third kappa shape index (κ3) is 2.63. The van der Waals surface area contributed by atoms with Crippen LogP contribution < -0.4 is 0 Å². The van der Waals surface area contributed by atoms with Crippen LogP contribution >= 0.6 is 23.2 Å². The lowest BCUT2D eigenvalue weighted by atomic mass is 10.2. The zero-order valence-corrected chi connectivity index (χ0v) is 8.55. The summed E-state index contributed by atoms with van der Waals surface area (Å²) in [4.78, 5) is 26.4. The Kier molecular flexibility index (Phi) is 4.62. The van der Waals surface area contributed by atoms with Gasteiger partial charge in [0.1, 0.15) is 0 Å². The maximum Gasteiger partial charge on any atom is 0.701 e. The molecule has 1 atom stereocenters. The van der Waals surface area contributed by atoms with Crippen molar-refractivity contribution in [2.75, 3.05) is 5.88 Å². The van der Waals surface area contributed by atoms with E-state index in [0.717, 1.165) is 0 Å². The summed E-state index contributed by atoms with van der Waals surface area (Å²) in [6, 6.07) is 0. The highest BCUT2D eigenvalue weighted by molar-refractivity contribution is 6.28. The van der Waals surface area contributed by atoms with Crippen LogP contribution in [0, 0.1) is 30.3 Å². The van der Waals surface area contributed by atoms with Crippen LogP contribution in [0.15, 0.2) is 0 Å². The van der Waals surface area contributed by atoms with Crippen molar-refractivity contribution in [3.05, 3.63) is 30.3 Å². The average molecular weight is 262 g/mol. The lowest BCUT2D eigenvalue weighted by molar-refractivity contribution is -0.970. The van der Waals surface area contributed by atoms with Crippen molar-refractivity contribution in [2.45, 2.75) is 17.6 Å². The molecule has 0 aromatic heterocycles. The van der Waals surface area contributed by atoms with Crippen LogP contribution in [0.25, 0.3) is 0 Å². The largest absolute Gasteiger partial charge is 0.701 e. The highest BCUT2D eigenvalue weighted by Gasteiger charge is 2.70. The summed E-state index contributed by atoms with van der Waals surface area (Å²) in [5, 5.41) is 29.9. The molecule has 0 bridgehead atoms. The minimum Gasteiger partial charge on any atom is -0.253 e. The van der Waals surface area contributed by atoms with Crippen molar-refractivity contribution in [3.8, 4) is 0 Å². The van der Waals surface area contributed by atoms with Gasteiger partial charge in [-0.2, -0.15) is 0 Å². The Labute approximate surface area is 92.4 Å². The van der Waals surface area contributed by atoms with Crippen molar-refractivity contribution in [2.24, 2.45) is 0 Å². The Bertz CT molecular complexity index is 260. The van der Waals surface area contributed by atoms with E-state index >= 15 is 0 Å². The molecule has 0 saturated carbocycles. The molecule has 0 heterocycles. The highest BCUT2D eigenvalue weighted by Crippen LogP contribution is 2.22. The zero-order valence-electron chi connectivity index (χ0n) is 7.04. The molecule has 9 nitrogen and oxygen atoms in total. The van der Waals surface area contributed by atoms with E-state index in [9.17, 15) is 30.3 Å². The molecule has 0 aromatic rings. The fourth-order valence-corrected chi connectivity index (χ4v) is 1.09. The third-order valence-corrected chi connectivity index (χ3v) is 2.38. The predicted molar refractivity (Wildman–Crippen MR) is 48.7 cm³/mol. The maximum absolute atomic E-state index is 10.4. The molecule has 0 aliphatic carbocycles. The van der Waals surface area contributed by atoms with Crippen LogP contribution in [0.1, 0.15) is 6.42 Å². The van der Waals surface area contributed by atoms with E-state index in [1.54, 1.807) is 0 Å². The van der Waals surface area contributed by atoms with Gasteiger partial charge in [0.25, 0.3) is 0 Å². The first-order valence-corrected chi connectivity index (χ1v) is 4.39. The van der Waals surface area contributed by atoms with Crippen molar-refractivity contribution in [3.63, 3.8) is 0 Å². The van der Waals surface area contributed by atoms with E-state index in [1.807, 2.05) is 0 Å². The predicted octanol–water partition coefficient (Wildman–Crippen LogP) is 0.707. The number of nitro groups is 3. The minimum absolute atomic E-state index is 0.362. The van der Waals surface area contributed by atoms with Gasteiger partial charge in [-0.05, 0) is 0 Å². The first-order chi connectivity index (χ1) is 6.78. The summed E-state index contributed by atoms with van der Waals surface area (Å²) in [6.45, 7) is 0. The second-order valence-electron chi connectivity index (χ2n) is 2.50. The van der Waals surface area contributed by atoms with Gasteiger partial charge in [0.15, 0.2) is 21.2 Å². The molecule has 15 heavy (non-hydrogen) atoms. The fraction of sp³-hybridized carbons (Fsp3) is 1.00. The number of halogens is 2. The molecular weight excluding hydrogens is 257 g/mol. The summed E-state index contributed by atoms with van der Waals surface area (Å²) >= 11 is 10.5. The minimum atomic E-state index is -3.53. The maximum atomic E-state index is 10.4. The SMILES string of the molecule is O=[N+]([O-])C(CC(Cl)CCl)([N+](=O)[O-])[N+](=O)[O-]. The second kappa shape index (κ2) is 5.03. The number of hydrogen-bond acceptors (Lipinski definition) is 6. The van der Waals surface area contributed by atoms with E-state index in [-0.39, 0.29) is 5.88 Å². The Morgan fingerprint density at radius 1 is 1.07 bits per heavy atom. The van der Waals surface area contributed by atoms with Crippen LogP contribution in [0.4, 0.5) is 0 Å². The van der Waals surface area contributed by atoms with E-state index in [1.165, 1.54) is 0 Å². The molecule has 11 heteroatoms. The van der Waals surface area contributed by atoms with Gasteiger partial charge in [-0.3, -0.25) is 30.3 Å². The van der Waals surface area contributed by atoms with Crippen molar-refractivity contribution >= 4 is 23.2 Å². The molecule has 0 spiro atoms. The quantitative estimate of drug-likeness (QED) is 0.300. The van der Waals surface area contributed by atoms with E-state index in [2.05, 4.69) is 0 Å². The van der Waals surface area contributed by atoms with E-state index < -0.39 is 32.4 Å². The van der Waals surface area contributed by atoms with Gasteiger partial charge < -0.3 is 0 Å². The van der Waals surface area contributed by atoms with Crippen molar-refractivity contribution < 1.29 is 14.8 Å². The summed E-state index contributed by atoms with van der Waals surface area (Å²) in [6.07, 6.45) is -1.08. The summed E-state index contributed by atoms with van der Waals surface area (Å²) in [5.74, 6) is -3.89. The summed E-state index contributed by atoms with van der Waals surface area (Å²) in [5.41, 5.74) is 0. The number of alkyl halides is 2. The molecule has 0 aromatic carbocycles. The normalized spacial score (nSPS) is 13.2. The Hall–Kier alpha value is -1.22. The fourth-order valence-electron chi connectivity index (χ4n) is 0.775. The molecule has 0 aliphatic heterocycles. The van der Waals surface area contributed by atoms with Gasteiger partial charge in [-0.15, -0.1) is 23.2 Å². The monoisotopic (exact) mass is 261 g/mol. The molecule has 0 saturated heterocycles. The van der Waals surface area contributed by atoms with Crippen LogP contribution in [0.5, 0.6) is 0 Å². The van der Waals surface area contributed by atoms with Gasteiger partial charge >= 0.3 is 5.79 Å². The van der Waals surface area contributed by atoms with Crippen LogP contribution in [-0.4, -0.2) is 31.8 Å². The standard InChI is InChI=1S/C4H5Cl2N3O6/c5-2-3(6)1-4(7(10)11,8(12)13)9(14)15/h3H,1-2H2. The summed E-state index contributed by atoms with van der Waals surface area (Å²) < 4.78 is 0. The molecule has 0 fully saturated rings. The third-order valence-electron chi connectivity index (χ3n) is 1.54. The molecular formula is C4H5Cl2N3O6. The Morgan fingerprint density at radius 2 is 1.40 bits per heavy atom. The van der Waals surface area contributed by atoms with Gasteiger partial charge in [-0.1, -0.05) is 0 Å². The Balaban J connectivity index is 5.24. The van der Waals surface area contributed by atoms with Crippen molar-refractivity contribution in [1.29, 1.82) is 0 Å². The van der Waals surface area contributed by atoms with Gasteiger partial charge in [-0.25, -0.2) is 0 Å². The van der Waals surface area contributed by atoms with Gasteiger partial charge in [0.2, 0.25) is 0 Å². The number of hydrogen-bond donors (Lipinski definition) is 0. The zero-order chi connectivity index (χ0) is 12.2. The molecule has 0 rings (SSSR count). The number of rotatable bonds is 6. The van der Waals surface area contributed by atoms with Crippen LogP contribution in [-0.2, 0) is 0 Å². The Morgan fingerprint density at radius 3 is 1.60 bits per heavy atom. The molecule has 0 radical (unpaired) electrons. The molecule has 86 valence electrons. The van der Waals surface area contributed by atoms with Crippen molar-refractivity contribution in [1.82, 2.24) is 0 Å². The van der Waals surface area contributed by atoms with E-state index in [4.69, 9.17) is 23.2 Å². The smallest absolute Gasteiger partial charge is 0.253 e. The lowest BCUT2D eigenvalue weighted by Crippen LogP contribution is -2.54. The first-order valence-electron chi connectivity index (χ1n) is 3.42. The second-order valence-corrected chi connectivity index (χ2v) is 3.43. The molecule has 0 N–H and O–H groups in total. The number of nitrogens with zero attached hydrogens (tertiary/aromatic N) is 3. The lowest BCUT2D eigenvalue weighted by Gasteiger charge is -2.10. The average Bonchev–Trinajstić information content (AvgIpc) is 2.11. The topological polar surface area (TPSA) is 129 Å². The molecule has 0 amide bonds. The van der Waals surface area contributed by atoms with Gasteiger partial charge in [0.05, 0.1) is 5.38 Å². The van der Waals surface area contributed by atoms with E-state index in [0.29, 0.717) is 0 Å². The van der Waals surface area contributed by atoms with Crippen LogP contribution in [0.3, 0.4) is 0 Å². The van der Waals surface area contributed by atoms with Crippen LogP contribution in [0.2, 0.25) is 0 Å². The van der Waals surface area contributed by atoms with Gasteiger partial charge in [0, 0.05) is 5.88 Å². The first kappa shape index (κ1) is 13.8.